The van der Waals surface area contributed by atoms with Crippen LogP contribution in [-0.4, -0.2) is 43.5 Å². The smallest absolute Gasteiger partial charge is 0.243 e. The Bertz CT molecular complexity index is 710. The molecule has 0 radical (unpaired) electrons. The lowest BCUT2D eigenvalue weighted by Crippen LogP contribution is -2.35. The third kappa shape index (κ3) is 11.6. The highest BCUT2D eigenvalue weighted by atomic mass is 32.2. The lowest BCUT2D eigenvalue weighted by atomic mass is 10.1. The van der Waals surface area contributed by atoms with Gasteiger partial charge in [-0.25, -0.2) is 8.42 Å². The van der Waals surface area contributed by atoms with Crippen molar-refractivity contribution in [1.82, 2.24) is 9.95 Å². The summed E-state index contributed by atoms with van der Waals surface area (Å²) < 4.78 is 27.5. The molecule has 0 fully saturated rings. The number of amides is 1. The Morgan fingerprint density at radius 3 is 2.00 bits per heavy atom. The zero-order valence-corrected chi connectivity index (χ0v) is 19.8. The molecule has 3 N–H and O–H groups in total. The van der Waals surface area contributed by atoms with Gasteiger partial charge in [0.1, 0.15) is 0 Å². The quantitative estimate of drug-likeness (QED) is 0.222. The van der Waals surface area contributed by atoms with E-state index in [1.165, 1.54) is 68.3 Å². The minimum absolute atomic E-state index is 0.0253. The number of hydrogen-bond donors (Lipinski definition) is 3. The normalized spacial score (nSPS) is 11.7. The molecule has 0 aliphatic heterocycles. The second-order valence-corrected chi connectivity index (χ2v) is 9.67. The summed E-state index contributed by atoms with van der Waals surface area (Å²) in [5, 5.41) is 11.2. The first-order chi connectivity index (χ1) is 14.9. The molecule has 31 heavy (non-hydrogen) atoms. The molecule has 0 saturated heterocycles. The number of carbonyl (C=O) groups excluding carboxylic acids is 1. The first kappa shape index (κ1) is 27.5. The van der Waals surface area contributed by atoms with Crippen molar-refractivity contribution >= 4 is 21.6 Å². The number of anilines is 1. The van der Waals surface area contributed by atoms with Gasteiger partial charge in [0, 0.05) is 25.7 Å². The van der Waals surface area contributed by atoms with Crippen LogP contribution in [0.2, 0.25) is 0 Å². The highest BCUT2D eigenvalue weighted by Crippen LogP contribution is 2.19. The molecular formula is C22H39N3O5S. The van der Waals surface area contributed by atoms with Crippen molar-refractivity contribution < 1.29 is 23.3 Å². The Kier molecular flexibility index (Phi) is 14.3. The molecule has 1 rings (SSSR count). The van der Waals surface area contributed by atoms with Crippen molar-refractivity contribution in [2.75, 3.05) is 25.0 Å². The summed E-state index contributed by atoms with van der Waals surface area (Å²) in [6.45, 7) is 4.16. The Morgan fingerprint density at radius 2 is 1.48 bits per heavy atom. The fraction of sp³-hybridized carbons (Fsp3) is 0.682. The summed E-state index contributed by atoms with van der Waals surface area (Å²) >= 11 is 0. The molecular weight excluding hydrogens is 418 g/mol. The number of unbranched alkanes of at least 4 members (excludes halogenated alkanes) is 9. The number of nitrogens with zero attached hydrogens (tertiary/aromatic N) is 1. The van der Waals surface area contributed by atoms with Crippen molar-refractivity contribution in [3.63, 3.8) is 0 Å². The zero-order chi connectivity index (χ0) is 23.0. The van der Waals surface area contributed by atoms with Gasteiger partial charge >= 0.3 is 0 Å². The van der Waals surface area contributed by atoms with E-state index in [0.717, 1.165) is 19.3 Å². The molecule has 0 aliphatic rings. The van der Waals surface area contributed by atoms with Crippen LogP contribution in [0.3, 0.4) is 0 Å². The molecule has 0 aliphatic carbocycles. The summed E-state index contributed by atoms with van der Waals surface area (Å²) in [7, 11) is -3.71. The van der Waals surface area contributed by atoms with Gasteiger partial charge < -0.3 is 5.32 Å². The Labute approximate surface area is 187 Å². The molecule has 8 nitrogen and oxygen atoms in total. The molecule has 9 heteroatoms. The molecule has 1 aromatic carbocycles. The van der Waals surface area contributed by atoms with E-state index in [1.807, 2.05) is 0 Å². The lowest BCUT2D eigenvalue weighted by Gasteiger charge is -2.22. The minimum atomic E-state index is -3.71. The van der Waals surface area contributed by atoms with Crippen LogP contribution in [-0.2, 0) is 19.7 Å². The second-order valence-electron chi connectivity index (χ2n) is 7.73. The van der Waals surface area contributed by atoms with Crippen LogP contribution in [0.25, 0.3) is 0 Å². The number of nitrogens with one attached hydrogen (secondary N) is 2. The predicted molar refractivity (Wildman–Crippen MR) is 122 cm³/mol. The first-order valence-electron chi connectivity index (χ1n) is 11.3. The van der Waals surface area contributed by atoms with Gasteiger partial charge in [0.2, 0.25) is 15.9 Å². The maximum atomic E-state index is 13.1. The van der Waals surface area contributed by atoms with Gasteiger partial charge in [0.15, 0.2) is 0 Å². The van der Waals surface area contributed by atoms with Crippen molar-refractivity contribution in [1.29, 1.82) is 0 Å². The van der Waals surface area contributed by atoms with Crippen LogP contribution < -0.4 is 11.0 Å². The van der Waals surface area contributed by atoms with E-state index in [2.05, 4.69) is 12.2 Å². The lowest BCUT2D eigenvalue weighted by molar-refractivity contribution is -0.127. The van der Waals surface area contributed by atoms with E-state index < -0.39 is 10.0 Å². The maximum Gasteiger partial charge on any atom is 0.243 e. The minimum Gasteiger partial charge on any atom is -0.326 e. The summed E-state index contributed by atoms with van der Waals surface area (Å²) in [5.74, 6) is -0.216. The van der Waals surface area contributed by atoms with Crippen molar-refractivity contribution in [3.8, 4) is 0 Å². The number of rotatable bonds is 18. The van der Waals surface area contributed by atoms with Crippen LogP contribution in [0.5, 0.6) is 0 Å². The van der Waals surface area contributed by atoms with E-state index in [0.29, 0.717) is 12.2 Å². The average molecular weight is 458 g/mol. The Balaban J connectivity index is 2.53. The fourth-order valence-corrected chi connectivity index (χ4v) is 4.85. The first-order valence-corrected chi connectivity index (χ1v) is 12.7. The highest BCUT2D eigenvalue weighted by molar-refractivity contribution is 7.89. The second kappa shape index (κ2) is 16.2. The van der Waals surface area contributed by atoms with Crippen LogP contribution >= 0.6 is 0 Å². The third-order valence-electron chi connectivity index (χ3n) is 5.08. The van der Waals surface area contributed by atoms with Crippen molar-refractivity contribution in [2.45, 2.75) is 83.0 Å². The number of sulfonamides is 1. The van der Waals surface area contributed by atoms with Gasteiger partial charge in [-0.15, -0.1) is 0 Å². The van der Waals surface area contributed by atoms with Gasteiger partial charge in [0.25, 0.3) is 0 Å². The SMILES string of the molecule is CCCCCCCCCCCCN(CCONO)S(=O)(=O)c1ccc(NC(C)=O)cc1. The number of benzene rings is 1. The molecule has 0 atom stereocenters. The van der Waals surface area contributed by atoms with E-state index in [1.54, 1.807) is 17.8 Å². The maximum absolute atomic E-state index is 13.1. The third-order valence-corrected chi connectivity index (χ3v) is 6.99. The molecule has 178 valence electrons. The largest absolute Gasteiger partial charge is 0.326 e. The molecule has 1 aromatic rings. The van der Waals surface area contributed by atoms with Gasteiger partial charge in [-0.3, -0.25) is 14.8 Å². The topological polar surface area (TPSA) is 108 Å². The van der Waals surface area contributed by atoms with E-state index in [-0.39, 0.29) is 24.0 Å². The fourth-order valence-electron chi connectivity index (χ4n) is 3.38. The standard InChI is InChI=1S/C22H39N3O5S/c1-3-4-5-6-7-8-9-10-11-12-17-25(18-19-30-24-27)31(28,29)22-15-13-21(14-16-22)23-20(2)26/h13-16,24,27H,3-12,17-19H2,1-2H3,(H,23,26). The van der Waals surface area contributed by atoms with Crippen LogP contribution in [0.4, 0.5) is 5.69 Å². The van der Waals surface area contributed by atoms with E-state index in [9.17, 15) is 13.2 Å². The molecule has 0 saturated carbocycles. The van der Waals surface area contributed by atoms with Gasteiger partial charge in [-0.05, 0) is 30.7 Å². The van der Waals surface area contributed by atoms with Crippen molar-refractivity contribution in [2.24, 2.45) is 0 Å². The summed E-state index contributed by atoms with van der Waals surface area (Å²) in [6, 6.07) is 6.10. The molecule has 0 heterocycles. The monoisotopic (exact) mass is 457 g/mol. The summed E-state index contributed by atoms with van der Waals surface area (Å²) in [6.07, 6.45) is 11.7. The summed E-state index contributed by atoms with van der Waals surface area (Å²) in [4.78, 5) is 16.0. The molecule has 0 spiro atoms. The van der Waals surface area contributed by atoms with Crippen LogP contribution in [0.15, 0.2) is 29.2 Å². The predicted octanol–water partition coefficient (Wildman–Crippen LogP) is 4.47. The molecule has 0 unspecified atom stereocenters. The number of carbonyl (C=O) groups is 1. The zero-order valence-electron chi connectivity index (χ0n) is 18.9. The van der Waals surface area contributed by atoms with Crippen LogP contribution in [0.1, 0.15) is 78.1 Å². The molecule has 0 aromatic heterocycles. The number of hydrogen-bond acceptors (Lipinski definition) is 6. The molecule has 1 amide bonds. The average Bonchev–Trinajstić information content (AvgIpc) is 2.73. The molecule has 0 bridgehead atoms. The Hall–Kier alpha value is -1.52. The van der Waals surface area contributed by atoms with Crippen LogP contribution in [0, 0.1) is 0 Å². The van der Waals surface area contributed by atoms with Crippen molar-refractivity contribution in [3.05, 3.63) is 24.3 Å². The van der Waals surface area contributed by atoms with E-state index in [4.69, 9.17) is 10.0 Å². The summed E-state index contributed by atoms with van der Waals surface area (Å²) in [5.41, 5.74) is 2.13. The van der Waals surface area contributed by atoms with E-state index >= 15 is 0 Å². The van der Waals surface area contributed by atoms with Gasteiger partial charge in [0.05, 0.1) is 11.5 Å². The Morgan fingerprint density at radius 1 is 0.935 bits per heavy atom. The van der Waals surface area contributed by atoms with Gasteiger partial charge in [-0.1, -0.05) is 70.4 Å². The van der Waals surface area contributed by atoms with Gasteiger partial charge in [-0.2, -0.15) is 4.31 Å². The highest BCUT2D eigenvalue weighted by Gasteiger charge is 2.24.